The lowest BCUT2D eigenvalue weighted by atomic mass is 10.1. The summed E-state index contributed by atoms with van der Waals surface area (Å²) in [6, 6.07) is 0. The molecule has 3 heteroatoms. The summed E-state index contributed by atoms with van der Waals surface area (Å²) in [4.78, 5) is 10.8. The third kappa shape index (κ3) is 9.31. The topological polar surface area (TPSA) is 35.5 Å². The highest BCUT2D eigenvalue weighted by molar-refractivity contribution is 5.59. The Bertz CT molecular complexity index is 260. The van der Waals surface area contributed by atoms with Crippen molar-refractivity contribution in [2.45, 2.75) is 40.5 Å². The van der Waals surface area contributed by atoms with E-state index in [0.29, 0.717) is 13.2 Å². The smallest absolute Gasteiger partial charge is 0.435 e. The fraction of sp³-hybridized carbons (Fsp3) is 0.615. The SMILES string of the molecule is CCOC(=O)OC/C=C(/C)CCC=C(C)C. The van der Waals surface area contributed by atoms with Crippen LogP contribution in [0, 0.1) is 0 Å². The highest BCUT2D eigenvalue weighted by atomic mass is 16.7. The molecule has 0 N–H and O–H groups in total. The largest absolute Gasteiger partial charge is 0.508 e. The van der Waals surface area contributed by atoms with Crippen molar-refractivity contribution >= 4 is 6.16 Å². The first kappa shape index (κ1) is 14.8. The molecule has 0 radical (unpaired) electrons. The van der Waals surface area contributed by atoms with Gasteiger partial charge in [0.2, 0.25) is 0 Å². The first-order valence-electron chi connectivity index (χ1n) is 5.64. The Kier molecular flexibility index (Phi) is 8.31. The van der Waals surface area contributed by atoms with Gasteiger partial charge in [0, 0.05) is 0 Å². The van der Waals surface area contributed by atoms with E-state index in [0.717, 1.165) is 12.8 Å². The van der Waals surface area contributed by atoms with Gasteiger partial charge in [0.05, 0.1) is 6.61 Å². The van der Waals surface area contributed by atoms with E-state index >= 15 is 0 Å². The van der Waals surface area contributed by atoms with Gasteiger partial charge in [-0.15, -0.1) is 0 Å². The van der Waals surface area contributed by atoms with Gasteiger partial charge in [-0.25, -0.2) is 4.79 Å². The van der Waals surface area contributed by atoms with Crippen LogP contribution in [0.4, 0.5) is 4.79 Å². The predicted molar refractivity (Wildman–Crippen MR) is 65.4 cm³/mol. The minimum absolute atomic E-state index is 0.291. The zero-order valence-corrected chi connectivity index (χ0v) is 10.7. The second-order valence-electron chi connectivity index (χ2n) is 3.86. The molecule has 0 atom stereocenters. The van der Waals surface area contributed by atoms with Gasteiger partial charge in [0.15, 0.2) is 0 Å². The number of rotatable bonds is 6. The molecule has 0 saturated carbocycles. The summed E-state index contributed by atoms with van der Waals surface area (Å²) in [5, 5.41) is 0. The highest BCUT2D eigenvalue weighted by Crippen LogP contribution is 2.06. The molecule has 0 unspecified atom stereocenters. The molecule has 0 saturated heterocycles. The van der Waals surface area contributed by atoms with Crippen LogP contribution in [0.15, 0.2) is 23.3 Å². The summed E-state index contributed by atoms with van der Waals surface area (Å²) in [5.41, 5.74) is 2.55. The lowest BCUT2D eigenvalue weighted by Gasteiger charge is -2.02. The quantitative estimate of drug-likeness (QED) is 0.509. The summed E-state index contributed by atoms with van der Waals surface area (Å²) in [5.74, 6) is 0. The molecular formula is C13H22O3. The van der Waals surface area contributed by atoms with Gasteiger partial charge in [-0.2, -0.15) is 0 Å². The first-order valence-corrected chi connectivity index (χ1v) is 5.64. The molecule has 92 valence electrons. The van der Waals surface area contributed by atoms with E-state index in [1.165, 1.54) is 11.1 Å². The third-order valence-corrected chi connectivity index (χ3v) is 1.99. The van der Waals surface area contributed by atoms with Crippen molar-refractivity contribution < 1.29 is 14.3 Å². The fourth-order valence-electron chi connectivity index (χ4n) is 1.10. The fourth-order valence-corrected chi connectivity index (χ4v) is 1.10. The van der Waals surface area contributed by atoms with E-state index in [1.807, 2.05) is 13.0 Å². The van der Waals surface area contributed by atoms with Crippen molar-refractivity contribution in [3.8, 4) is 0 Å². The molecule has 0 aliphatic rings. The lowest BCUT2D eigenvalue weighted by Crippen LogP contribution is -2.06. The molecule has 0 bridgehead atoms. The van der Waals surface area contributed by atoms with Crippen LogP contribution in [-0.2, 0) is 9.47 Å². The standard InChI is InChI=1S/C13H22O3/c1-5-15-13(14)16-10-9-12(4)8-6-7-11(2)3/h7,9H,5-6,8,10H2,1-4H3/b12-9-. The Labute approximate surface area is 98.1 Å². The summed E-state index contributed by atoms with van der Waals surface area (Å²) >= 11 is 0. The van der Waals surface area contributed by atoms with E-state index in [9.17, 15) is 4.79 Å². The molecule has 0 heterocycles. The summed E-state index contributed by atoms with van der Waals surface area (Å²) in [7, 11) is 0. The Morgan fingerprint density at radius 3 is 2.38 bits per heavy atom. The zero-order valence-electron chi connectivity index (χ0n) is 10.7. The molecule has 0 aromatic heterocycles. The minimum Gasteiger partial charge on any atom is -0.435 e. The van der Waals surface area contributed by atoms with Crippen LogP contribution in [0.25, 0.3) is 0 Å². The number of ether oxygens (including phenoxy) is 2. The number of carbonyl (C=O) groups excluding carboxylic acids is 1. The van der Waals surface area contributed by atoms with Crippen LogP contribution in [0.1, 0.15) is 40.5 Å². The molecule has 3 nitrogen and oxygen atoms in total. The van der Waals surface area contributed by atoms with Crippen molar-refractivity contribution in [2.24, 2.45) is 0 Å². The molecule has 0 fully saturated rings. The summed E-state index contributed by atoms with van der Waals surface area (Å²) in [6.45, 7) is 8.60. The van der Waals surface area contributed by atoms with Crippen molar-refractivity contribution in [3.05, 3.63) is 23.3 Å². The van der Waals surface area contributed by atoms with Gasteiger partial charge in [-0.3, -0.25) is 0 Å². The number of hydrogen-bond acceptors (Lipinski definition) is 3. The normalized spacial score (nSPS) is 10.9. The van der Waals surface area contributed by atoms with Crippen LogP contribution in [0.5, 0.6) is 0 Å². The Hall–Kier alpha value is -1.25. The monoisotopic (exact) mass is 226 g/mol. The number of hydrogen-bond donors (Lipinski definition) is 0. The van der Waals surface area contributed by atoms with Crippen molar-refractivity contribution in [1.29, 1.82) is 0 Å². The van der Waals surface area contributed by atoms with Gasteiger partial charge in [0.1, 0.15) is 6.61 Å². The van der Waals surface area contributed by atoms with E-state index in [4.69, 9.17) is 4.74 Å². The van der Waals surface area contributed by atoms with Crippen molar-refractivity contribution in [2.75, 3.05) is 13.2 Å². The summed E-state index contributed by atoms with van der Waals surface area (Å²) in [6.07, 6.45) is 5.54. The van der Waals surface area contributed by atoms with Crippen LogP contribution in [0.2, 0.25) is 0 Å². The van der Waals surface area contributed by atoms with Gasteiger partial charge < -0.3 is 9.47 Å². The third-order valence-electron chi connectivity index (χ3n) is 1.99. The lowest BCUT2D eigenvalue weighted by molar-refractivity contribution is 0.0672. The second kappa shape index (κ2) is 9.01. The van der Waals surface area contributed by atoms with Crippen molar-refractivity contribution in [3.63, 3.8) is 0 Å². The van der Waals surface area contributed by atoms with E-state index < -0.39 is 6.16 Å². The van der Waals surface area contributed by atoms with Gasteiger partial charge >= 0.3 is 6.16 Å². The van der Waals surface area contributed by atoms with Crippen LogP contribution >= 0.6 is 0 Å². The van der Waals surface area contributed by atoms with Gasteiger partial charge in [-0.1, -0.05) is 17.2 Å². The maximum absolute atomic E-state index is 10.8. The Morgan fingerprint density at radius 2 is 1.81 bits per heavy atom. The first-order chi connectivity index (χ1) is 7.56. The predicted octanol–water partition coefficient (Wildman–Crippen LogP) is 3.85. The second-order valence-corrected chi connectivity index (χ2v) is 3.86. The maximum atomic E-state index is 10.8. The highest BCUT2D eigenvalue weighted by Gasteiger charge is 1.99. The molecule has 0 aliphatic heterocycles. The van der Waals surface area contributed by atoms with Crippen LogP contribution in [0.3, 0.4) is 0 Å². The molecule has 0 amide bonds. The molecule has 0 rings (SSSR count). The van der Waals surface area contributed by atoms with E-state index in [2.05, 4.69) is 24.7 Å². The molecular weight excluding hydrogens is 204 g/mol. The summed E-state index contributed by atoms with van der Waals surface area (Å²) < 4.78 is 9.46. The molecule has 0 aromatic carbocycles. The molecule has 0 aliphatic carbocycles. The van der Waals surface area contributed by atoms with E-state index in [-0.39, 0.29) is 0 Å². The van der Waals surface area contributed by atoms with Crippen molar-refractivity contribution in [1.82, 2.24) is 0 Å². The van der Waals surface area contributed by atoms with Gasteiger partial charge in [0.25, 0.3) is 0 Å². The van der Waals surface area contributed by atoms with Crippen LogP contribution in [-0.4, -0.2) is 19.4 Å². The molecule has 16 heavy (non-hydrogen) atoms. The number of allylic oxidation sites excluding steroid dienone is 3. The Balaban J connectivity index is 3.70. The van der Waals surface area contributed by atoms with E-state index in [1.54, 1.807) is 6.92 Å². The molecule has 0 aromatic rings. The number of carbonyl (C=O) groups is 1. The van der Waals surface area contributed by atoms with Gasteiger partial charge in [-0.05, 0) is 46.6 Å². The zero-order chi connectivity index (χ0) is 12.4. The minimum atomic E-state index is -0.601. The average molecular weight is 226 g/mol. The van der Waals surface area contributed by atoms with Crippen LogP contribution < -0.4 is 0 Å². The maximum Gasteiger partial charge on any atom is 0.508 e. The Morgan fingerprint density at radius 1 is 1.12 bits per heavy atom. The molecule has 0 spiro atoms. The average Bonchev–Trinajstić information content (AvgIpc) is 2.17.